The molecule has 0 spiro atoms. The minimum absolute atomic E-state index is 0.534. The van der Waals surface area contributed by atoms with Crippen molar-refractivity contribution in [2.24, 2.45) is 0 Å². The molecule has 1 aliphatic rings. The molecule has 1 atom stereocenters. The minimum Gasteiger partial charge on any atom is -0.359 e. The van der Waals surface area contributed by atoms with E-state index in [-0.39, 0.29) is 0 Å². The summed E-state index contributed by atoms with van der Waals surface area (Å²) < 4.78 is 0. The second kappa shape index (κ2) is 8.73. The standard InChI is InChI=1S/C14H28N2S/c1-4-5-6-7-8-9-12-17-13-16-11-10-15(3)14(16)2/h10-11,14H,4-9,12-13H2,1-3H3. The van der Waals surface area contributed by atoms with Crippen molar-refractivity contribution in [3.63, 3.8) is 0 Å². The van der Waals surface area contributed by atoms with Crippen LogP contribution in [-0.4, -0.2) is 34.6 Å². The number of hydrogen-bond acceptors (Lipinski definition) is 3. The Morgan fingerprint density at radius 3 is 2.41 bits per heavy atom. The van der Waals surface area contributed by atoms with Crippen LogP contribution in [0.25, 0.3) is 0 Å². The SMILES string of the molecule is CCCCCCCCSCN1C=CN(C)C1C. The molecule has 0 aromatic rings. The highest BCUT2D eigenvalue weighted by atomic mass is 32.2. The predicted molar refractivity (Wildman–Crippen MR) is 78.9 cm³/mol. The van der Waals surface area contributed by atoms with E-state index in [4.69, 9.17) is 0 Å². The fourth-order valence-corrected chi connectivity index (χ4v) is 3.03. The molecule has 0 saturated carbocycles. The summed E-state index contributed by atoms with van der Waals surface area (Å²) in [6.07, 6.45) is 13.3. The van der Waals surface area contributed by atoms with Crippen molar-refractivity contribution in [1.82, 2.24) is 9.80 Å². The molecule has 0 aliphatic carbocycles. The van der Waals surface area contributed by atoms with Crippen LogP contribution in [0.15, 0.2) is 12.4 Å². The molecule has 0 amide bonds. The van der Waals surface area contributed by atoms with Crippen LogP contribution in [0.2, 0.25) is 0 Å². The lowest BCUT2D eigenvalue weighted by Gasteiger charge is -2.26. The van der Waals surface area contributed by atoms with Crippen LogP contribution < -0.4 is 0 Å². The Bertz CT molecular complexity index is 218. The van der Waals surface area contributed by atoms with Gasteiger partial charge in [0.15, 0.2) is 0 Å². The molecule has 0 fully saturated rings. The van der Waals surface area contributed by atoms with Gasteiger partial charge >= 0.3 is 0 Å². The highest BCUT2D eigenvalue weighted by molar-refractivity contribution is 7.99. The van der Waals surface area contributed by atoms with Crippen LogP contribution in [-0.2, 0) is 0 Å². The molecule has 1 rings (SSSR count). The van der Waals surface area contributed by atoms with Gasteiger partial charge < -0.3 is 9.80 Å². The Labute approximate surface area is 111 Å². The van der Waals surface area contributed by atoms with Gasteiger partial charge in [0.2, 0.25) is 0 Å². The monoisotopic (exact) mass is 256 g/mol. The van der Waals surface area contributed by atoms with Crippen LogP contribution in [0, 0.1) is 0 Å². The Balaban J connectivity index is 1.89. The van der Waals surface area contributed by atoms with E-state index in [2.05, 4.69) is 54.9 Å². The van der Waals surface area contributed by atoms with E-state index in [1.54, 1.807) is 0 Å². The Morgan fingerprint density at radius 1 is 1.06 bits per heavy atom. The maximum Gasteiger partial charge on any atom is 0.0982 e. The fourth-order valence-electron chi connectivity index (χ4n) is 1.98. The number of nitrogens with zero attached hydrogens (tertiary/aromatic N) is 2. The molecule has 0 saturated heterocycles. The zero-order valence-corrected chi connectivity index (χ0v) is 12.5. The summed E-state index contributed by atoms with van der Waals surface area (Å²) in [6.45, 7) is 4.53. The lowest BCUT2D eigenvalue weighted by molar-refractivity contribution is 0.219. The van der Waals surface area contributed by atoms with Gasteiger partial charge in [0.05, 0.1) is 12.0 Å². The normalized spacial score (nSPS) is 19.4. The van der Waals surface area contributed by atoms with E-state index in [9.17, 15) is 0 Å². The first kappa shape index (κ1) is 14.7. The topological polar surface area (TPSA) is 6.48 Å². The maximum atomic E-state index is 2.40. The zero-order valence-electron chi connectivity index (χ0n) is 11.7. The van der Waals surface area contributed by atoms with E-state index in [0.717, 1.165) is 5.88 Å². The average Bonchev–Trinajstić information content (AvgIpc) is 2.64. The van der Waals surface area contributed by atoms with Crippen LogP contribution in [0.3, 0.4) is 0 Å². The van der Waals surface area contributed by atoms with Gasteiger partial charge in [-0.3, -0.25) is 0 Å². The molecule has 2 nitrogen and oxygen atoms in total. The van der Waals surface area contributed by atoms with Crippen LogP contribution in [0.5, 0.6) is 0 Å². The molecular formula is C14H28N2S. The Hall–Kier alpha value is -0.310. The lowest BCUT2D eigenvalue weighted by Crippen LogP contribution is -2.33. The molecule has 0 aromatic heterocycles. The van der Waals surface area contributed by atoms with Gasteiger partial charge in [0.25, 0.3) is 0 Å². The molecule has 0 bridgehead atoms. The molecule has 100 valence electrons. The van der Waals surface area contributed by atoms with Gasteiger partial charge in [-0.25, -0.2) is 0 Å². The summed E-state index contributed by atoms with van der Waals surface area (Å²) in [5.41, 5.74) is 0. The van der Waals surface area contributed by atoms with Crippen LogP contribution >= 0.6 is 11.8 Å². The predicted octanol–water partition coefficient (Wildman–Crippen LogP) is 4.10. The van der Waals surface area contributed by atoms with Gasteiger partial charge in [0, 0.05) is 19.4 Å². The number of hydrogen-bond donors (Lipinski definition) is 0. The first-order valence-electron chi connectivity index (χ1n) is 6.99. The van der Waals surface area contributed by atoms with Gasteiger partial charge in [0.1, 0.15) is 0 Å². The molecule has 0 aromatic carbocycles. The highest BCUT2D eigenvalue weighted by Gasteiger charge is 2.17. The molecule has 17 heavy (non-hydrogen) atoms. The molecular weight excluding hydrogens is 228 g/mol. The van der Waals surface area contributed by atoms with Gasteiger partial charge in [-0.15, -0.1) is 11.8 Å². The Morgan fingerprint density at radius 2 is 1.76 bits per heavy atom. The van der Waals surface area contributed by atoms with Crippen LogP contribution in [0.4, 0.5) is 0 Å². The summed E-state index contributed by atoms with van der Waals surface area (Å²) in [5.74, 6) is 2.45. The largest absolute Gasteiger partial charge is 0.359 e. The van der Waals surface area contributed by atoms with E-state index in [1.807, 2.05) is 0 Å². The van der Waals surface area contributed by atoms with Crippen LogP contribution in [0.1, 0.15) is 52.4 Å². The number of thioether (sulfide) groups is 1. The smallest absolute Gasteiger partial charge is 0.0982 e. The molecule has 0 radical (unpaired) electrons. The number of unbranched alkanes of at least 4 members (excludes halogenated alkanes) is 5. The quantitative estimate of drug-likeness (QED) is 0.573. The average molecular weight is 256 g/mol. The van der Waals surface area contributed by atoms with Crippen molar-refractivity contribution in [3.05, 3.63) is 12.4 Å². The van der Waals surface area contributed by atoms with Crippen molar-refractivity contribution >= 4 is 11.8 Å². The summed E-state index contributed by atoms with van der Waals surface area (Å²) in [6, 6.07) is 0. The van der Waals surface area contributed by atoms with Gasteiger partial charge in [-0.2, -0.15) is 0 Å². The summed E-state index contributed by atoms with van der Waals surface area (Å²) in [7, 11) is 2.14. The second-order valence-electron chi connectivity index (χ2n) is 4.91. The Kier molecular flexibility index (Phi) is 7.58. The molecule has 1 unspecified atom stereocenters. The number of rotatable bonds is 9. The van der Waals surface area contributed by atoms with Gasteiger partial charge in [-0.1, -0.05) is 39.0 Å². The third kappa shape index (κ3) is 5.71. The summed E-state index contributed by atoms with van der Waals surface area (Å²) >= 11 is 2.07. The minimum atomic E-state index is 0.534. The maximum absolute atomic E-state index is 2.40. The first-order valence-corrected chi connectivity index (χ1v) is 8.15. The highest BCUT2D eigenvalue weighted by Crippen LogP contribution is 2.18. The fraction of sp³-hybridized carbons (Fsp3) is 0.857. The van der Waals surface area contributed by atoms with E-state index in [1.165, 1.54) is 44.3 Å². The molecule has 1 heterocycles. The first-order chi connectivity index (χ1) is 8.25. The molecule has 1 aliphatic heterocycles. The second-order valence-corrected chi connectivity index (χ2v) is 5.99. The molecule has 0 N–H and O–H groups in total. The summed E-state index contributed by atoms with van der Waals surface area (Å²) in [4.78, 5) is 4.66. The summed E-state index contributed by atoms with van der Waals surface area (Å²) in [5, 5.41) is 0. The van der Waals surface area contributed by atoms with Gasteiger partial charge in [-0.05, 0) is 19.1 Å². The van der Waals surface area contributed by atoms with E-state index >= 15 is 0 Å². The zero-order chi connectivity index (χ0) is 12.5. The van der Waals surface area contributed by atoms with Crippen molar-refractivity contribution in [2.75, 3.05) is 18.7 Å². The van der Waals surface area contributed by atoms with E-state index < -0.39 is 0 Å². The van der Waals surface area contributed by atoms with Crippen molar-refractivity contribution in [3.8, 4) is 0 Å². The van der Waals surface area contributed by atoms with Crippen molar-refractivity contribution < 1.29 is 0 Å². The van der Waals surface area contributed by atoms with Crippen molar-refractivity contribution in [2.45, 2.75) is 58.5 Å². The molecule has 3 heteroatoms. The van der Waals surface area contributed by atoms with Crippen molar-refractivity contribution in [1.29, 1.82) is 0 Å². The lowest BCUT2D eigenvalue weighted by atomic mass is 10.1. The third-order valence-electron chi connectivity index (χ3n) is 3.45. The van der Waals surface area contributed by atoms with E-state index in [0.29, 0.717) is 6.17 Å². The third-order valence-corrected chi connectivity index (χ3v) is 4.50.